The Kier molecular flexibility index (Phi) is 6.11. The largest absolute Gasteiger partial charge is 0.377 e. The number of ether oxygens (including phenoxy) is 1. The zero-order valence-corrected chi connectivity index (χ0v) is 19.3. The van der Waals surface area contributed by atoms with E-state index in [1.54, 1.807) is 7.05 Å². The van der Waals surface area contributed by atoms with E-state index in [1.807, 2.05) is 26.0 Å². The lowest BCUT2D eigenvalue weighted by Crippen LogP contribution is -2.34. The molecule has 1 atom stereocenters. The van der Waals surface area contributed by atoms with Gasteiger partial charge in [0.15, 0.2) is 5.13 Å². The summed E-state index contributed by atoms with van der Waals surface area (Å²) in [4.78, 5) is 17.3. The Morgan fingerprint density at radius 1 is 1.23 bits per heavy atom. The van der Waals surface area contributed by atoms with Gasteiger partial charge in [0.05, 0.1) is 21.2 Å². The van der Waals surface area contributed by atoms with Crippen molar-refractivity contribution in [3.8, 4) is 0 Å². The molecule has 0 saturated carbocycles. The molecular weight excluding hydrogens is 434 g/mol. The average molecular weight is 460 g/mol. The summed E-state index contributed by atoms with van der Waals surface area (Å²) in [6, 6.07) is 9.99. The highest BCUT2D eigenvalue weighted by molar-refractivity contribution is 7.89. The van der Waals surface area contributed by atoms with Crippen molar-refractivity contribution in [3.63, 3.8) is 0 Å². The number of likely N-dealkylation sites (N-methyl/N-ethyl adjacent to an activating group) is 1. The summed E-state index contributed by atoms with van der Waals surface area (Å²) >= 11 is 1.41. The first-order valence-corrected chi connectivity index (χ1v) is 12.4. The number of sulfonamides is 1. The van der Waals surface area contributed by atoms with Crippen LogP contribution in [-0.2, 0) is 14.8 Å². The number of rotatable bonds is 6. The van der Waals surface area contributed by atoms with Crippen molar-refractivity contribution >= 4 is 42.6 Å². The molecule has 1 fully saturated rings. The molecule has 9 heteroatoms. The number of benzene rings is 2. The van der Waals surface area contributed by atoms with Crippen LogP contribution >= 0.6 is 11.3 Å². The second kappa shape index (κ2) is 8.66. The van der Waals surface area contributed by atoms with E-state index in [2.05, 4.69) is 10.3 Å². The topological polar surface area (TPSA) is 88.6 Å². The quantitative estimate of drug-likeness (QED) is 0.603. The number of anilines is 1. The van der Waals surface area contributed by atoms with Crippen LogP contribution in [0.3, 0.4) is 0 Å². The highest BCUT2D eigenvalue weighted by atomic mass is 32.2. The van der Waals surface area contributed by atoms with Crippen LogP contribution in [0.15, 0.2) is 41.3 Å². The fourth-order valence-electron chi connectivity index (χ4n) is 3.58. The fraction of sp³-hybridized carbons (Fsp3) is 0.364. The van der Waals surface area contributed by atoms with Crippen molar-refractivity contribution in [3.05, 3.63) is 53.1 Å². The van der Waals surface area contributed by atoms with Crippen molar-refractivity contribution < 1.29 is 17.9 Å². The summed E-state index contributed by atoms with van der Waals surface area (Å²) < 4.78 is 33.5. The zero-order chi connectivity index (χ0) is 22.2. The van der Waals surface area contributed by atoms with Gasteiger partial charge in [-0.15, -0.1) is 0 Å². The van der Waals surface area contributed by atoms with E-state index in [0.29, 0.717) is 23.8 Å². The molecule has 2 aromatic carbocycles. The first kappa shape index (κ1) is 21.9. The van der Waals surface area contributed by atoms with Crippen molar-refractivity contribution in [2.24, 2.45) is 0 Å². The third-order valence-electron chi connectivity index (χ3n) is 5.61. The van der Waals surface area contributed by atoms with E-state index in [4.69, 9.17) is 4.74 Å². The summed E-state index contributed by atoms with van der Waals surface area (Å²) in [5, 5.41) is 3.33. The number of thiazole rings is 1. The van der Waals surface area contributed by atoms with Crippen LogP contribution < -0.4 is 5.32 Å². The molecule has 1 aliphatic rings. The molecular formula is C22H25N3O4S2. The highest BCUT2D eigenvalue weighted by Crippen LogP contribution is 2.30. The van der Waals surface area contributed by atoms with Gasteiger partial charge in [-0.1, -0.05) is 17.4 Å². The maximum Gasteiger partial charge on any atom is 0.257 e. The molecule has 0 radical (unpaired) electrons. The van der Waals surface area contributed by atoms with Crippen molar-refractivity contribution in [2.45, 2.75) is 37.7 Å². The van der Waals surface area contributed by atoms with Gasteiger partial charge < -0.3 is 4.74 Å². The molecule has 1 saturated heterocycles. The summed E-state index contributed by atoms with van der Waals surface area (Å²) in [6.07, 6.45) is 1.76. The Morgan fingerprint density at radius 2 is 1.97 bits per heavy atom. The predicted molar refractivity (Wildman–Crippen MR) is 122 cm³/mol. The summed E-state index contributed by atoms with van der Waals surface area (Å²) in [5.74, 6) is -0.329. The maximum atomic E-state index is 12.8. The third kappa shape index (κ3) is 4.50. The smallest absolute Gasteiger partial charge is 0.257 e. The minimum atomic E-state index is -3.64. The van der Waals surface area contributed by atoms with Gasteiger partial charge >= 0.3 is 0 Å². The van der Waals surface area contributed by atoms with E-state index in [9.17, 15) is 13.2 Å². The Bertz CT molecular complexity index is 1210. The zero-order valence-electron chi connectivity index (χ0n) is 17.7. The van der Waals surface area contributed by atoms with Gasteiger partial charge in [0, 0.05) is 25.8 Å². The Balaban J connectivity index is 1.47. The lowest BCUT2D eigenvalue weighted by molar-refractivity contribution is 0.0979. The van der Waals surface area contributed by atoms with Gasteiger partial charge in [0.25, 0.3) is 5.91 Å². The van der Waals surface area contributed by atoms with E-state index >= 15 is 0 Å². The molecule has 3 aromatic rings. The molecule has 0 spiro atoms. The van der Waals surface area contributed by atoms with E-state index in [-0.39, 0.29) is 16.9 Å². The van der Waals surface area contributed by atoms with Crippen LogP contribution in [0.2, 0.25) is 0 Å². The maximum absolute atomic E-state index is 12.8. The Labute approximate surface area is 186 Å². The van der Waals surface area contributed by atoms with Gasteiger partial charge in [-0.05, 0) is 68.1 Å². The minimum Gasteiger partial charge on any atom is -0.377 e. The number of nitrogens with zero attached hydrogens (tertiary/aromatic N) is 2. The lowest BCUT2D eigenvalue weighted by atomic mass is 10.1. The number of amides is 1. The Hall–Kier alpha value is -2.33. The molecule has 0 unspecified atom stereocenters. The number of hydrogen-bond acceptors (Lipinski definition) is 6. The van der Waals surface area contributed by atoms with E-state index < -0.39 is 10.0 Å². The molecule has 1 amide bonds. The SMILES string of the molecule is Cc1ccc2sc(NC(=O)c3ccc(S(=O)(=O)N(C)C[C@@H]4CCCO4)cc3)nc2c1C. The summed E-state index contributed by atoms with van der Waals surface area (Å²) in [6.45, 7) is 5.04. The van der Waals surface area contributed by atoms with Gasteiger partial charge in [-0.2, -0.15) is 4.31 Å². The number of carbonyl (C=O) groups is 1. The average Bonchev–Trinajstić information content (AvgIpc) is 3.41. The number of aryl methyl sites for hydroxylation is 2. The summed E-state index contributed by atoms with van der Waals surface area (Å²) in [7, 11) is -2.09. The molecule has 1 aliphatic heterocycles. The monoisotopic (exact) mass is 459 g/mol. The molecule has 164 valence electrons. The predicted octanol–water partition coefficient (Wildman–Crippen LogP) is 3.96. The van der Waals surface area contributed by atoms with Gasteiger partial charge in [0.2, 0.25) is 10.0 Å². The van der Waals surface area contributed by atoms with Gasteiger partial charge in [0.1, 0.15) is 0 Å². The normalized spacial score (nSPS) is 16.8. The van der Waals surface area contributed by atoms with Crippen LogP contribution in [0.25, 0.3) is 10.2 Å². The number of carbonyl (C=O) groups excluding carboxylic acids is 1. The van der Waals surface area contributed by atoms with Gasteiger partial charge in [-0.25, -0.2) is 13.4 Å². The summed E-state index contributed by atoms with van der Waals surface area (Å²) in [5.41, 5.74) is 3.50. The number of aromatic nitrogens is 1. The molecule has 7 nitrogen and oxygen atoms in total. The van der Waals surface area contributed by atoms with Crippen LogP contribution in [-0.4, -0.2) is 49.9 Å². The van der Waals surface area contributed by atoms with Crippen LogP contribution in [0.1, 0.15) is 34.3 Å². The number of fused-ring (bicyclic) bond motifs is 1. The minimum absolute atomic E-state index is 0.0638. The molecule has 31 heavy (non-hydrogen) atoms. The van der Waals surface area contributed by atoms with Crippen LogP contribution in [0, 0.1) is 13.8 Å². The molecule has 1 N–H and O–H groups in total. The van der Waals surface area contributed by atoms with Crippen molar-refractivity contribution in [2.75, 3.05) is 25.5 Å². The second-order valence-corrected chi connectivity index (χ2v) is 10.8. The van der Waals surface area contributed by atoms with Gasteiger partial charge in [-0.3, -0.25) is 10.1 Å². The molecule has 2 heterocycles. The lowest BCUT2D eigenvalue weighted by Gasteiger charge is -2.20. The van der Waals surface area contributed by atoms with E-state index in [1.165, 1.54) is 39.9 Å². The molecule has 4 rings (SSSR count). The van der Waals surface area contributed by atoms with Crippen LogP contribution in [0.4, 0.5) is 5.13 Å². The first-order valence-electron chi connectivity index (χ1n) is 10.1. The second-order valence-electron chi connectivity index (χ2n) is 7.77. The highest BCUT2D eigenvalue weighted by Gasteiger charge is 2.26. The number of nitrogens with one attached hydrogen (secondary N) is 1. The molecule has 0 bridgehead atoms. The Morgan fingerprint density at radius 3 is 2.65 bits per heavy atom. The van der Waals surface area contributed by atoms with E-state index in [0.717, 1.165) is 34.2 Å². The van der Waals surface area contributed by atoms with Crippen LogP contribution in [0.5, 0.6) is 0 Å². The third-order valence-corrected chi connectivity index (χ3v) is 8.39. The first-order chi connectivity index (χ1) is 14.8. The molecule has 0 aliphatic carbocycles. The molecule has 1 aromatic heterocycles. The van der Waals surface area contributed by atoms with Crippen molar-refractivity contribution in [1.82, 2.24) is 9.29 Å². The van der Waals surface area contributed by atoms with Crippen molar-refractivity contribution in [1.29, 1.82) is 0 Å². The number of hydrogen-bond donors (Lipinski definition) is 1. The fourth-order valence-corrected chi connectivity index (χ4v) is 5.70. The standard InChI is InChI=1S/C22H25N3O4S2/c1-14-6-11-19-20(15(14)2)23-22(30-19)24-21(26)16-7-9-18(10-8-16)31(27,28)25(3)13-17-5-4-12-29-17/h6-11,17H,4-5,12-13H2,1-3H3,(H,23,24,26)/t17-/m0/s1.